The van der Waals surface area contributed by atoms with Gasteiger partial charge in [0.05, 0.1) is 5.56 Å². The number of carbonyl (C=O) groups is 1. The summed E-state index contributed by atoms with van der Waals surface area (Å²) in [5.41, 5.74) is 0.396. The van der Waals surface area contributed by atoms with E-state index in [0.717, 1.165) is 0 Å². The minimum Gasteiger partial charge on any atom is -0.457 e. The lowest BCUT2D eigenvalue weighted by atomic mass is 10.2. The molecule has 0 amide bonds. The Morgan fingerprint density at radius 3 is 1.59 bits per heavy atom. The Morgan fingerprint density at radius 2 is 0.966 bits per heavy atom. The first-order chi connectivity index (χ1) is 14.3. The summed E-state index contributed by atoms with van der Waals surface area (Å²) in [5, 5.41) is 0. The van der Waals surface area contributed by atoms with E-state index >= 15 is 0 Å². The van der Waals surface area contributed by atoms with Crippen molar-refractivity contribution in [2.45, 2.75) is 0 Å². The molecule has 4 heteroatoms. The van der Waals surface area contributed by atoms with Gasteiger partial charge in [-0.3, -0.25) is 0 Å². The number of para-hydroxylation sites is 2. The molecule has 4 aromatic carbocycles. The summed E-state index contributed by atoms with van der Waals surface area (Å²) in [7, 11) is 0. The molecule has 0 aliphatic heterocycles. The first-order valence-corrected chi connectivity index (χ1v) is 9.14. The SMILES string of the molecule is O=C(Oc1cccc(Oc2ccccc2)c1)c1cccc(Oc2ccccc2)c1. The van der Waals surface area contributed by atoms with Crippen molar-refractivity contribution in [1.82, 2.24) is 0 Å². The highest BCUT2D eigenvalue weighted by Crippen LogP contribution is 2.26. The first kappa shape index (κ1) is 18.3. The van der Waals surface area contributed by atoms with Crippen LogP contribution >= 0.6 is 0 Å². The van der Waals surface area contributed by atoms with Gasteiger partial charge in [-0.05, 0) is 54.6 Å². The Bertz CT molecular complexity index is 1090. The highest BCUT2D eigenvalue weighted by Gasteiger charge is 2.11. The van der Waals surface area contributed by atoms with Gasteiger partial charge in [-0.1, -0.05) is 48.5 Å². The van der Waals surface area contributed by atoms with Gasteiger partial charge in [0.25, 0.3) is 0 Å². The molecule has 0 saturated carbocycles. The molecule has 4 rings (SSSR count). The van der Waals surface area contributed by atoms with Gasteiger partial charge in [-0.2, -0.15) is 0 Å². The molecule has 0 unspecified atom stereocenters. The second-order valence-corrected chi connectivity index (χ2v) is 6.22. The third kappa shape index (κ3) is 5.02. The van der Waals surface area contributed by atoms with E-state index in [9.17, 15) is 4.79 Å². The predicted octanol–water partition coefficient (Wildman–Crippen LogP) is 6.49. The molecule has 0 fully saturated rings. The maximum atomic E-state index is 12.6. The van der Waals surface area contributed by atoms with Crippen molar-refractivity contribution in [1.29, 1.82) is 0 Å². The van der Waals surface area contributed by atoms with E-state index in [-0.39, 0.29) is 0 Å². The van der Waals surface area contributed by atoms with Crippen molar-refractivity contribution in [2.24, 2.45) is 0 Å². The Balaban J connectivity index is 1.45. The lowest BCUT2D eigenvalue weighted by Crippen LogP contribution is -2.08. The Labute approximate surface area is 168 Å². The van der Waals surface area contributed by atoms with Crippen LogP contribution in [0.25, 0.3) is 0 Å². The summed E-state index contributed by atoms with van der Waals surface area (Å²) < 4.78 is 17.1. The maximum Gasteiger partial charge on any atom is 0.343 e. The van der Waals surface area contributed by atoms with Gasteiger partial charge in [0.15, 0.2) is 0 Å². The largest absolute Gasteiger partial charge is 0.457 e. The number of rotatable bonds is 6. The minimum absolute atomic E-state index is 0.396. The molecule has 4 aromatic rings. The summed E-state index contributed by atoms with van der Waals surface area (Å²) in [6.45, 7) is 0. The molecule has 0 saturated heterocycles. The van der Waals surface area contributed by atoms with E-state index in [1.807, 2.05) is 60.7 Å². The third-order valence-corrected chi connectivity index (χ3v) is 4.04. The van der Waals surface area contributed by atoms with Crippen LogP contribution in [0.2, 0.25) is 0 Å². The number of esters is 1. The molecule has 4 nitrogen and oxygen atoms in total. The lowest BCUT2D eigenvalue weighted by Gasteiger charge is -2.09. The first-order valence-electron chi connectivity index (χ1n) is 9.14. The topological polar surface area (TPSA) is 44.8 Å². The standard InChI is InChI=1S/C25H18O4/c26-25(19-9-7-14-22(17-19)27-20-10-3-1-4-11-20)29-24-16-8-15-23(18-24)28-21-12-5-2-6-13-21/h1-18H. The highest BCUT2D eigenvalue weighted by atomic mass is 16.5. The fraction of sp³-hybridized carbons (Fsp3) is 0. The molecular weight excluding hydrogens is 364 g/mol. The van der Waals surface area contributed by atoms with Crippen LogP contribution < -0.4 is 14.2 Å². The predicted molar refractivity (Wildman–Crippen MR) is 111 cm³/mol. The van der Waals surface area contributed by atoms with Gasteiger partial charge in [0.2, 0.25) is 0 Å². The molecule has 0 aromatic heterocycles. The molecule has 0 atom stereocenters. The number of benzene rings is 4. The molecule has 142 valence electrons. The van der Waals surface area contributed by atoms with E-state index in [2.05, 4.69) is 0 Å². The molecule has 0 aliphatic rings. The smallest absolute Gasteiger partial charge is 0.343 e. The van der Waals surface area contributed by atoms with Crippen LogP contribution in [0.15, 0.2) is 109 Å². The van der Waals surface area contributed by atoms with E-state index in [1.165, 1.54) is 0 Å². The van der Waals surface area contributed by atoms with Crippen molar-refractivity contribution >= 4 is 5.97 Å². The Hall–Kier alpha value is -4.05. The average Bonchev–Trinajstić information content (AvgIpc) is 2.76. The van der Waals surface area contributed by atoms with Crippen LogP contribution in [0.4, 0.5) is 0 Å². The van der Waals surface area contributed by atoms with Crippen LogP contribution in [0.3, 0.4) is 0 Å². The molecule has 0 spiro atoms. The molecular formula is C25H18O4. The molecule has 0 heterocycles. The molecule has 0 radical (unpaired) electrons. The lowest BCUT2D eigenvalue weighted by molar-refractivity contribution is 0.0734. The number of carbonyl (C=O) groups excluding carboxylic acids is 1. The second kappa shape index (κ2) is 8.76. The van der Waals surface area contributed by atoms with Gasteiger partial charge >= 0.3 is 5.97 Å². The van der Waals surface area contributed by atoms with Gasteiger partial charge in [0, 0.05) is 6.07 Å². The van der Waals surface area contributed by atoms with Crippen molar-refractivity contribution in [3.63, 3.8) is 0 Å². The minimum atomic E-state index is -0.472. The summed E-state index contributed by atoms with van der Waals surface area (Å²) in [4.78, 5) is 12.6. The van der Waals surface area contributed by atoms with Gasteiger partial charge in [-0.15, -0.1) is 0 Å². The van der Waals surface area contributed by atoms with Crippen LogP contribution in [0.5, 0.6) is 28.7 Å². The zero-order chi connectivity index (χ0) is 19.9. The van der Waals surface area contributed by atoms with Crippen molar-refractivity contribution in [3.8, 4) is 28.7 Å². The molecule has 29 heavy (non-hydrogen) atoms. The van der Waals surface area contributed by atoms with Crippen LogP contribution in [0.1, 0.15) is 10.4 Å². The fourth-order valence-electron chi connectivity index (χ4n) is 2.70. The van der Waals surface area contributed by atoms with E-state index in [0.29, 0.717) is 34.3 Å². The summed E-state index contributed by atoms with van der Waals surface area (Å²) in [5.74, 6) is 2.48. The fourth-order valence-corrected chi connectivity index (χ4v) is 2.70. The quantitative estimate of drug-likeness (QED) is 0.282. The Morgan fingerprint density at radius 1 is 0.483 bits per heavy atom. The zero-order valence-electron chi connectivity index (χ0n) is 15.5. The van der Waals surface area contributed by atoms with Gasteiger partial charge < -0.3 is 14.2 Å². The second-order valence-electron chi connectivity index (χ2n) is 6.22. The van der Waals surface area contributed by atoms with E-state index in [4.69, 9.17) is 14.2 Å². The normalized spacial score (nSPS) is 10.2. The highest BCUT2D eigenvalue weighted by molar-refractivity contribution is 5.91. The molecule has 0 bridgehead atoms. The molecule has 0 aliphatic carbocycles. The summed E-state index contributed by atoms with van der Waals surface area (Å²) >= 11 is 0. The monoisotopic (exact) mass is 382 g/mol. The number of ether oxygens (including phenoxy) is 3. The van der Waals surface area contributed by atoms with Gasteiger partial charge in [0.1, 0.15) is 28.7 Å². The Kier molecular flexibility index (Phi) is 5.53. The van der Waals surface area contributed by atoms with Crippen molar-refractivity contribution in [2.75, 3.05) is 0 Å². The third-order valence-electron chi connectivity index (χ3n) is 4.04. The van der Waals surface area contributed by atoms with Crippen LogP contribution in [-0.4, -0.2) is 5.97 Å². The van der Waals surface area contributed by atoms with Crippen molar-refractivity contribution in [3.05, 3.63) is 115 Å². The van der Waals surface area contributed by atoms with Crippen molar-refractivity contribution < 1.29 is 19.0 Å². The average molecular weight is 382 g/mol. The van der Waals surface area contributed by atoms with Crippen LogP contribution in [-0.2, 0) is 0 Å². The summed E-state index contributed by atoms with van der Waals surface area (Å²) in [6, 6.07) is 32.6. The zero-order valence-corrected chi connectivity index (χ0v) is 15.5. The van der Waals surface area contributed by atoms with E-state index in [1.54, 1.807) is 48.5 Å². The summed E-state index contributed by atoms with van der Waals surface area (Å²) in [6.07, 6.45) is 0. The maximum absolute atomic E-state index is 12.6. The number of hydrogen-bond donors (Lipinski definition) is 0. The van der Waals surface area contributed by atoms with Gasteiger partial charge in [-0.25, -0.2) is 4.79 Å². The number of hydrogen-bond acceptors (Lipinski definition) is 4. The van der Waals surface area contributed by atoms with Crippen LogP contribution in [0, 0.1) is 0 Å². The molecule has 0 N–H and O–H groups in total. The van der Waals surface area contributed by atoms with E-state index < -0.39 is 5.97 Å².